The Bertz CT molecular complexity index is 568. The maximum absolute atomic E-state index is 6.00. The van der Waals surface area contributed by atoms with E-state index < -0.39 is 0 Å². The molecule has 1 aromatic carbocycles. The van der Waals surface area contributed by atoms with Crippen LogP contribution in [0, 0.1) is 6.92 Å². The van der Waals surface area contributed by atoms with Crippen LogP contribution in [0.15, 0.2) is 30.5 Å². The van der Waals surface area contributed by atoms with Crippen LogP contribution in [0.25, 0.3) is 11.3 Å². The molecular weight excluding hydrogens is 228 g/mol. The van der Waals surface area contributed by atoms with Gasteiger partial charge in [-0.2, -0.15) is 0 Å². The van der Waals surface area contributed by atoms with Gasteiger partial charge >= 0.3 is 0 Å². The fourth-order valence-corrected chi connectivity index (χ4v) is 1.81. The second-order valence-electron chi connectivity index (χ2n) is 4.02. The molecule has 0 radical (unpaired) electrons. The number of nitrogens with zero attached hydrogens (tertiary/aromatic N) is 1. The number of hydrogen-bond acceptors (Lipinski definition) is 4. The predicted octanol–water partition coefficient (Wildman–Crippen LogP) is 2.66. The van der Waals surface area contributed by atoms with Gasteiger partial charge in [-0.05, 0) is 30.7 Å². The van der Waals surface area contributed by atoms with Crippen molar-refractivity contribution in [3.63, 3.8) is 0 Å². The van der Waals surface area contributed by atoms with Crippen molar-refractivity contribution in [3.05, 3.63) is 36.0 Å². The molecule has 2 rings (SSSR count). The standard InChI is InChI=1S/C14H16N2O2/c1-9-6-12(15)14(16-8-9)11-5-4-10(17-2)7-13(11)18-3/h4-8H,15H2,1-3H3. The van der Waals surface area contributed by atoms with Crippen LogP contribution in [-0.4, -0.2) is 19.2 Å². The summed E-state index contributed by atoms with van der Waals surface area (Å²) in [5.74, 6) is 1.43. The third kappa shape index (κ3) is 2.22. The van der Waals surface area contributed by atoms with E-state index in [0.29, 0.717) is 11.4 Å². The Hall–Kier alpha value is -2.23. The highest BCUT2D eigenvalue weighted by Crippen LogP contribution is 2.34. The highest BCUT2D eigenvalue weighted by atomic mass is 16.5. The second kappa shape index (κ2) is 4.96. The van der Waals surface area contributed by atoms with Gasteiger partial charge in [0.2, 0.25) is 0 Å². The van der Waals surface area contributed by atoms with Crippen LogP contribution in [0.2, 0.25) is 0 Å². The third-order valence-electron chi connectivity index (χ3n) is 2.72. The summed E-state index contributed by atoms with van der Waals surface area (Å²) in [6.45, 7) is 1.96. The molecular formula is C14H16N2O2. The van der Waals surface area contributed by atoms with Gasteiger partial charge in [0.1, 0.15) is 11.5 Å². The summed E-state index contributed by atoms with van der Waals surface area (Å²) in [7, 11) is 3.23. The molecule has 2 aromatic rings. The second-order valence-corrected chi connectivity index (χ2v) is 4.02. The summed E-state index contributed by atoms with van der Waals surface area (Å²) >= 11 is 0. The van der Waals surface area contributed by atoms with Crippen LogP contribution < -0.4 is 15.2 Å². The van der Waals surface area contributed by atoms with Gasteiger partial charge in [-0.25, -0.2) is 0 Å². The van der Waals surface area contributed by atoms with E-state index in [4.69, 9.17) is 15.2 Å². The molecule has 0 atom stereocenters. The first-order valence-electron chi connectivity index (χ1n) is 5.60. The minimum atomic E-state index is 0.637. The Labute approximate surface area is 106 Å². The maximum atomic E-state index is 6.00. The number of aromatic nitrogens is 1. The first kappa shape index (κ1) is 12.2. The summed E-state index contributed by atoms with van der Waals surface area (Å²) in [4.78, 5) is 4.37. The van der Waals surface area contributed by atoms with Gasteiger partial charge in [0.15, 0.2) is 0 Å². The summed E-state index contributed by atoms with van der Waals surface area (Å²) in [5.41, 5.74) is 9.25. The minimum Gasteiger partial charge on any atom is -0.497 e. The van der Waals surface area contributed by atoms with E-state index in [9.17, 15) is 0 Å². The molecule has 0 bridgehead atoms. The summed E-state index contributed by atoms with van der Waals surface area (Å²) in [6.07, 6.45) is 1.79. The number of hydrogen-bond donors (Lipinski definition) is 1. The predicted molar refractivity (Wildman–Crippen MR) is 71.9 cm³/mol. The highest BCUT2D eigenvalue weighted by Gasteiger charge is 2.11. The van der Waals surface area contributed by atoms with Crippen LogP contribution in [0.3, 0.4) is 0 Å². The van der Waals surface area contributed by atoms with Gasteiger partial charge in [0.25, 0.3) is 0 Å². The lowest BCUT2D eigenvalue weighted by molar-refractivity contribution is 0.395. The fourth-order valence-electron chi connectivity index (χ4n) is 1.81. The number of pyridine rings is 1. The van der Waals surface area contributed by atoms with Gasteiger partial charge in [0, 0.05) is 17.8 Å². The first-order chi connectivity index (χ1) is 8.65. The molecule has 2 N–H and O–H groups in total. The zero-order valence-electron chi connectivity index (χ0n) is 10.7. The smallest absolute Gasteiger partial charge is 0.132 e. The van der Waals surface area contributed by atoms with E-state index in [1.54, 1.807) is 20.4 Å². The Balaban J connectivity index is 2.56. The van der Waals surface area contributed by atoms with Crippen molar-refractivity contribution in [3.8, 4) is 22.8 Å². The molecule has 0 saturated carbocycles. The maximum Gasteiger partial charge on any atom is 0.132 e. The molecule has 0 spiro atoms. The van der Waals surface area contributed by atoms with Crippen molar-refractivity contribution < 1.29 is 9.47 Å². The Morgan fingerprint density at radius 1 is 1.11 bits per heavy atom. The zero-order chi connectivity index (χ0) is 13.1. The summed E-state index contributed by atoms with van der Waals surface area (Å²) < 4.78 is 10.5. The molecule has 0 aliphatic heterocycles. The van der Waals surface area contributed by atoms with Gasteiger partial charge < -0.3 is 15.2 Å². The van der Waals surface area contributed by atoms with E-state index in [-0.39, 0.29) is 0 Å². The average molecular weight is 244 g/mol. The number of ether oxygens (including phenoxy) is 2. The number of anilines is 1. The van der Waals surface area contributed by atoms with Crippen LogP contribution in [0.1, 0.15) is 5.56 Å². The molecule has 94 valence electrons. The summed E-state index contributed by atoms with van der Waals surface area (Å²) in [6, 6.07) is 7.47. The minimum absolute atomic E-state index is 0.637. The molecule has 0 aliphatic carbocycles. The lowest BCUT2D eigenvalue weighted by Crippen LogP contribution is -1.97. The van der Waals surface area contributed by atoms with E-state index in [0.717, 1.165) is 22.6 Å². The normalized spacial score (nSPS) is 10.2. The van der Waals surface area contributed by atoms with Crippen LogP contribution in [-0.2, 0) is 0 Å². The monoisotopic (exact) mass is 244 g/mol. The SMILES string of the molecule is COc1ccc(-c2ncc(C)cc2N)c(OC)c1. The van der Waals surface area contributed by atoms with Gasteiger partial charge in [-0.15, -0.1) is 0 Å². The number of rotatable bonds is 3. The van der Waals surface area contributed by atoms with Crippen molar-refractivity contribution >= 4 is 5.69 Å². The van der Waals surface area contributed by atoms with Crippen LogP contribution >= 0.6 is 0 Å². The van der Waals surface area contributed by atoms with E-state index >= 15 is 0 Å². The largest absolute Gasteiger partial charge is 0.497 e. The first-order valence-corrected chi connectivity index (χ1v) is 5.60. The molecule has 4 nitrogen and oxygen atoms in total. The molecule has 0 aliphatic rings. The lowest BCUT2D eigenvalue weighted by atomic mass is 10.1. The molecule has 0 unspecified atom stereocenters. The van der Waals surface area contributed by atoms with Crippen molar-refractivity contribution in [2.45, 2.75) is 6.92 Å². The number of nitrogen functional groups attached to an aromatic ring is 1. The Morgan fingerprint density at radius 3 is 2.50 bits per heavy atom. The van der Waals surface area contributed by atoms with E-state index in [1.165, 1.54) is 0 Å². The van der Waals surface area contributed by atoms with Crippen molar-refractivity contribution in [2.75, 3.05) is 20.0 Å². The number of benzene rings is 1. The molecule has 1 aromatic heterocycles. The van der Waals surface area contributed by atoms with Gasteiger partial charge in [-0.1, -0.05) is 0 Å². The Kier molecular flexibility index (Phi) is 3.37. The zero-order valence-corrected chi connectivity index (χ0v) is 10.7. The van der Waals surface area contributed by atoms with E-state index in [1.807, 2.05) is 31.2 Å². The molecule has 1 heterocycles. The van der Waals surface area contributed by atoms with Crippen molar-refractivity contribution in [1.29, 1.82) is 0 Å². The van der Waals surface area contributed by atoms with E-state index in [2.05, 4.69) is 4.98 Å². The highest BCUT2D eigenvalue weighted by molar-refractivity contribution is 5.78. The molecule has 18 heavy (non-hydrogen) atoms. The van der Waals surface area contributed by atoms with Gasteiger partial charge in [-0.3, -0.25) is 4.98 Å². The topological polar surface area (TPSA) is 57.4 Å². The summed E-state index contributed by atoms with van der Waals surface area (Å²) in [5, 5.41) is 0. The van der Waals surface area contributed by atoms with Crippen molar-refractivity contribution in [2.24, 2.45) is 0 Å². The van der Waals surface area contributed by atoms with Crippen molar-refractivity contribution in [1.82, 2.24) is 4.98 Å². The quantitative estimate of drug-likeness (QED) is 0.901. The lowest BCUT2D eigenvalue weighted by Gasteiger charge is -2.11. The molecule has 0 fully saturated rings. The molecule has 0 amide bonds. The Morgan fingerprint density at radius 2 is 1.89 bits per heavy atom. The van der Waals surface area contributed by atoms with Gasteiger partial charge in [0.05, 0.1) is 25.6 Å². The number of nitrogens with two attached hydrogens (primary N) is 1. The number of aryl methyl sites for hydroxylation is 1. The number of methoxy groups -OCH3 is 2. The third-order valence-corrected chi connectivity index (χ3v) is 2.72. The fraction of sp³-hybridized carbons (Fsp3) is 0.214. The molecule has 4 heteroatoms. The average Bonchev–Trinajstić information content (AvgIpc) is 2.38. The molecule has 0 saturated heterocycles. The van der Waals surface area contributed by atoms with Crippen LogP contribution in [0.4, 0.5) is 5.69 Å². The van der Waals surface area contributed by atoms with Crippen LogP contribution in [0.5, 0.6) is 11.5 Å².